The summed E-state index contributed by atoms with van der Waals surface area (Å²) in [5, 5.41) is 5.15. The second kappa shape index (κ2) is 6.90. The Morgan fingerprint density at radius 1 is 1.43 bits per heavy atom. The quantitative estimate of drug-likeness (QED) is 0.878. The van der Waals surface area contributed by atoms with Crippen LogP contribution in [0.5, 0.6) is 0 Å². The van der Waals surface area contributed by atoms with Crippen molar-refractivity contribution in [2.75, 3.05) is 19.6 Å². The number of amides is 1. The topological polar surface area (TPSA) is 58.4 Å². The maximum absolute atomic E-state index is 12.2. The molecule has 1 aliphatic rings. The lowest BCUT2D eigenvalue weighted by molar-refractivity contribution is -0.124. The molecule has 1 unspecified atom stereocenters. The van der Waals surface area contributed by atoms with E-state index in [9.17, 15) is 4.79 Å². The molecule has 0 aliphatic carbocycles. The minimum absolute atomic E-state index is 0.0525. The molecule has 1 aliphatic heterocycles. The van der Waals surface area contributed by atoms with E-state index in [-0.39, 0.29) is 17.4 Å². The molecule has 1 aromatic rings. The molecule has 2 atom stereocenters. The predicted molar refractivity (Wildman–Crippen MR) is 88.3 cm³/mol. The fourth-order valence-electron chi connectivity index (χ4n) is 2.64. The SMILES string of the molecule is CC(C)(C)[C@H](N)C(=O)NCC(c1cccs1)N1CCCC1. The summed E-state index contributed by atoms with van der Waals surface area (Å²) in [4.78, 5) is 16.0. The Morgan fingerprint density at radius 2 is 2.10 bits per heavy atom. The Morgan fingerprint density at radius 3 is 2.62 bits per heavy atom. The highest BCUT2D eigenvalue weighted by atomic mass is 32.1. The lowest BCUT2D eigenvalue weighted by Crippen LogP contribution is -2.50. The van der Waals surface area contributed by atoms with Gasteiger partial charge in [-0.1, -0.05) is 26.8 Å². The van der Waals surface area contributed by atoms with E-state index in [4.69, 9.17) is 5.73 Å². The number of likely N-dealkylation sites (tertiary alicyclic amines) is 1. The molecule has 5 heteroatoms. The van der Waals surface area contributed by atoms with Gasteiger partial charge in [0.1, 0.15) is 0 Å². The Balaban J connectivity index is 1.98. The van der Waals surface area contributed by atoms with Crippen LogP contribution in [-0.4, -0.2) is 36.5 Å². The summed E-state index contributed by atoms with van der Waals surface area (Å²) < 4.78 is 0. The third kappa shape index (κ3) is 4.28. The summed E-state index contributed by atoms with van der Waals surface area (Å²) in [7, 11) is 0. The lowest BCUT2D eigenvalue weighted by Gasteiger charge is -2.30. The molecule has 2 heterocycles. The smallest absolute Gasteiger partial charge is 0.237 e. The van der Waals surface area contributed by atoms with Crippen LogP contribution in [0.4, 0.5) is 0 Å². The van der Waals surface area contributed by atoms with Gasteiger partial charge in [-0.25, -0.2) is 0 Å². The first kappa shape index (κ1) is 16.5. The van der Waals surface area contributed by atoms with Gasteiger partial charge in [0, 0.05) is 11.4 Å². The van der Waals surface area contributed by atoms with Crippen LogP contribution in [0.15, 0.2) is 17.5 Å². The van der Waals surface area contributed by atoms with E-state index in [1.54, 1.807) is 11.3 Å². The van der Waals surface area contributed by atoms with Crippen LogP contribution in [0, 0.1) is 5.41 Å². The molecule has 0 bridgehead atoms. The van der Waals surface area contributed by atoms with Crippen molar-refractivity contribution in [3.05, 3.63) is 22.4 Å². The highest BCUT2D eigenvalue weighted by Crippen LogP contribution is 2.28. The fraction of sp³-hybridized carbons (Fsp3) is 0.688. The molecule has 1 aromatic heterocycles. The summed E-state index contributed by atoms with van der Waals surface area (Å²) >= 11 is 1.76. The van der Waals surface area contributed by atoms with Crippen LogP contribution in [0.3, 0.4) is 0 Å². The van der Waals surface area contributed by atoms with Crippen LogP contribution in [0.1, 0.15) is 44.5 Å². The van der Waals surface area contributed by atoms with Crippen molar-refractivity contribution in [2.24, 2.45) is 11.1 Å². The van der Waals surface area contributed by atoms with Crippen molar-refractivity contribution in [1.29, 1.82) is 0 Å². The number of nitrogens with one attached hydrogen (secondary N) is 1. The van der Waals surface area contributed by atoms with Crippen LogP contribution >= 0.6 is 11.3 Å². The highest BCUT2D eigenvalue weighted by Gasteiger charge is 2.29. The van der Waals surface area contributed by atoms with Gasteiger partial charge in [-0.15, -0.1) is 11.3 Å². The van der Waals surface area contributed by atoms with Crippen molar-refractivity contribution >= 4 is 17.2 Å². The van der Waals surface area contributed by atoms with Gasteiger partial charge >= 0.3 is 0 Å². The second-order valence-corrected chi connectivity index (χ2v) is 7.84. The molecule has 0 radical (unpaired) electrons. The number of thiophene rings is 1. The van der Waals surface area contributed by atoms with Crippen LogP contribution in [-0.2, 0) is 4.79 Å². The van der Waals surface area contributed by atoms with E-state index < -0.39 is 6.04 Å². The van der Waals surface area contributed by atoms with E-state index in [0.717, 1.165) is 13.1 Å². The average molecular weight is 309 g/mol. The van der Waals surface area contributed by atoms with E-state index in [1.807, 2.05) is 20.8 Å². The number of carbonyl (C=O) groups excluding carboxylic acids is 1. The molecule has 0 saturated carbocycles. The van der Waals surface area contributed by atoms with E-state index in [1.165, 1.54) is 17.7 Å². The molecule has 4 nitrogen and oxygen atoms in total. The van der Waals surface area contributed by atoms with Gasteiger partial charge in [0.2, 0.25) is 5.91 Å². The third-order valence-corrected chi connectivity index (χ3v) is 5.11. The van der Waals surface area contributed by atoms with Crippen molar-refractivity contribution in [3.8, 4) is 0 Å². The molecule has 0 spiro atoms. The van der Waals surface area contributed by atoms with Crippen molar-refractivity contribution in [2.45, 2.75) is 45.7 Å². The number of hydrogen-bond acceptors (Lipinski definition) is 4. The number of nitrogens with two attached hydrogens (primary N) is 1. The van der Waals surface area contributed by atoms with Crippen LogP contribution in [0.2, 0.25) is 0 Å². The third-order valence-electron chi connectivity index (χ3n) is 4.14. The summed E-state index contributed by atoms with van der Waals surface area (Å²) in [6.07, 6.45) is 2.49. The van der Waals surface area contributed by atoms with Crippen LogP contribution in [0.25, 0.3) is 0 Å². The molecule has 3 N–H and O–H groups in total. The first-order valence-corrected chi connectivity index (χ1v) is 8.58. The summed E-state index contributed by atoms with van der Waals surface area (Å²) in [6, 6.07) is 4.04. The summed E-state index contributed by atoms with van der Waals surface area (Å²) in [6.45, 7) is 8.86. The minimum Gasteiger partial charge on any atom is -0.353 e. The van der Waals surface area contributed by atoms with Gasteiger partial charge in [-0.05, 0) is 42.8 Å². The molecule has 1 amide bonds. The Hall–Kier alpha value is -0.910. The van der Waals surface area contributed by atoms with Crippen LogP contribution < -0.4 is 11.1 Å². The molecule has 1 fully saturated rings. The van der Waals surface area contributed by atoms with Crippen molar-refractivity contribution in [3.63, 3.8) is 0 Å². The Bertz CT molecular complexity index is 447. The Labute approximate surface area is 131 Å². The standard InChI is InChI=1S/C16H27N3OS/c1-16(2,3)14(17)15(20)18-11-12(13-7-6-10-21-13)19-8-4-5-9-19/h6-7,10,12,14H,4-5,8-9,11,17H2,1-3H3,(H,18,20)/t12?,14-/m1/s1. The average Bonchev–Trinajstić information content (AvgIpc) is 3.10. The van der Waals surface area contributed by atoms with E-state index in [2.05, 4.69) is 27.7 Å². The van der Waals surface area contributed by atoms with Crippen molar-refractivity contribution < 1.29 is 4.79 Å². The highest BCUT2D eigenvalue weighted by molar-refractivity contribution is 7.10. The number of nitrogens with zero attached hydrogens (tertiary/aromatic N) is 1. The normalized spacial score (nSPS) is 19.4. The van der Waals surface area contributed by atoms with E-state index in [0.29, 0.717) is 6.54 Å². The molecular formula is C16H27N3OS. The van der Waals surface area contributed by atoms with Gasteiger partial charge in [0.05, 0.1) is 12.1 Å². The monoisotopic (exact) mass is 309 g/mol. The maximum atomic E-state index is 12.2. The summed E-state index contributed by atoms with van der Waals surface area (Å²) in [5.74, 6) is -0.0525. The summed E-state index contributed by atoms with van der Waals surface area (Å²) in [5.41, 5.74) is 5.82. The number of rotatable bonds is 5. The predicted octanol–water partition coefficient (Wildman–Crippen LogP) is 2.37. The zero-order valence-corrected chi connectivity index (χ0v) is 14.1. The first-order chi connectivity index (χ1) is 9.89. The zero-order chi connectivity index (χ0) is 15.5. The lowest BCUT2D eigenvalue weighted by atomic mass is 9.87. The molecule has 21 heavy (non-hydrogen) atoms. The molecule has 2 rings (SSSR count). The van der Waals surface area contributed by atoms with Gasteiger partial charge in [0.25, 0.3) is 0 Å². The van der Waals surface area contributed by atoms with Gasteiger partial charge in [-0.2, -0.15) is 0 Å². The number of hydrogen-bond donors (Lipinski definition) is 2. The van der Waals surface area contributed by atoms with Gasteiger partial charge < -0.3 is 11.1 Å². The molecule has 0 aromatic carbocycles. The largest absolute Gasteiger partial charge is 0.353 e. The minimum atomic E-state index is -0.472. The second-order valence-electron chi connectivity index (χ2n) is 6.86. The molecule has 118 valence electrons. The fourth-order valence-corrected chi connectivity index (χ4v) is 3.51. The zero-order valence-electron chi connectivity index (χ0n) is 13.3. The molecular weight excluding hydrogens is 282 g/mol. The first-order valence-electron chi connectivity index (χ1n) is 7.70. The van der Waals surface area contributed by atoms with E-state index >= 15 is 0 Å². The molecule has 1 saturated heterocycles. The maximum Gasteiger partial charge on any atom is 0.237 e. The number of carbonyl (C=O) groups is 1. The van der Waals surface area contributed by atoms with Gasteiger partial charge in [0.15, 0.2) is 0 Å². The van der Waals surface area contributed by atoms with Gasteiger partial charge in [-0.3, -0.25) is 9.69 Å². The Kier molecular flexibility index (Phi) is 5.41. The van der Waals surface area contributed by atoms with Crippen molar-refractivity contribution in [1.82, 2.24) is 10.2 Å².